The van der Waals surface area contributed by atoms with Crippen molar-refractivity contribution in [2.45, 2.75) is 32.2 Å². The van der Waals surface area contributed by atoms with Crippen LogP contribution in [0.3, 0.4) is 0 Å². The van der Waals surface area contributed by atoms with Gasteiger partial charge in [-0.25, -0.2) is 0 Å². The van der Waals surface area contributed by atoms with E-state index in [9.17, 15) is 0 Å². The second-order valence-electron chi connectivity index (χ2n) is 3.89. The lowest BCUT2D eigenvalue weighted by Gasteiger charge is -2.11. The normalized spacial score (nSPS) is 24.9. The van der Waals surface area contributed by atoms with Crippen LogP contribution in [0, 0.1) is 5.92 Å². The number of ether oxygens (including phenoxy) is 1. The van der Waals surface area contributed by atoms with Crippen LogP contribution in [0.5, 0.6) is 0 Å². The van der Waals surface area contributed by atoms with E-state index in [0.717, 1.165) is 45.1 Å². The summed E-state index contributed by atoms with van der Waals surface area (Å²) in [6.07, 6.45) is 3.38. The van der Waals surface area contributed by atoms with Gasteiger partial charge in [0.15, 0.2) is 0 Å². The van der Waals surface area contributed by atoms with Crippen molar-refractivity contribution in [3.63, 3.8) is 0 Å². The predicted octanol–water partition coefficient (Wildman–Crippen LogP) is 0.740. The molecule has 3 N–H and O–H groups in total. The summed E-state index contributed by atoms with van der Waals surface area (Å²) in [5, 5.41) is 3.43. The van der Waals surface area contributed by atoms with E-state index in [2.05, 4.69) is 12.2 Å². The lowest BCUT2D eigenvalue weighted by Crippen LogP contribution is -2.29. The van der Waals surface area contributed by atoms with Crippen molar-refractivity contribution in [2.75, 3.05) is 26.3 Å². The van der Waals surface area contributed by atoms with Crippen LogP contribution >= 0.6 is 0 Å². The molecule has 13 heavy (non-hydrogen) atoms. The van der Waals surface area contributed by atoms with Crippen LogP contribution in [0.1, 0.15) is 26.2 Å². The van der Waals surface area contributed by atoms with Gasteiger partial charge in [-0.15, -0.1) is 0 Å². The van der Waals surface area contributed by atoms with Crippen molar-refractivity contribution < 1.29 is 4.74 Å². The van der Waals surface area contributed by atoms with Gasteiger partial charge in [0, 0.05) is 19.2 Å². The van der Waals surface area contributed by atoms with Crippen molar-refractivity contribution in [2.24, 2.45) is 11.7 Å². The van der Waals surface area contributed by atoms with E-state index in [1.807, 2.05) is 0 Å². The third-order valence-corrected chi connectivity index (χ3v) is 2.67. The molecule has 0 aromatic heterocycles. The molecule has 0 bridgehead atoms. The molecule has 2 unspecified atom stereocenters. The maximum Gasteiger partial charge on any atom is 0.0507 e. The molecular formula is C10H22N2O. The van der Waals surface area contributed by atoms with Crippen LogP contribution in [0.4, 0.5) is 0 Å². The molecule has 1 rings (SSSR count). The van der Waals surface area contributed by atoms with Crippen molar-refractivity contribution in [1.29, 1.82) is 0 Å². The quantitative estimate of drug-likeness (QED) is 0.601. The van der Waals surface area contributed by atoms with Crippen LogP contribution < -0.4 is 11.1 Å². The van der Waals surface area contributed by atoms with Gasteiger partial charge in [0.1, 0.15) is 0 Å². The summed E-state index contributed by atoms with van der Waals surface area (Å²) in [7, 11) is 0. The van der Waals surface area contributed by atoms with Gasteiger partial charge in [-0.2, -0.15) is 0 Å². The van der Waals surface area contributed by atoms with Crippen LogP contribution in [-0.4, -0.2) is 32.3 Å². The van der Waals surface area contributed by atoms with E-state index in [-0.39, 0.29) is 0 Å². The molecule has 0 aromatic rings. The molecule has 78 valence electrons. The standard InChI is InChI=1S/C10H22N2O/c1-2-10(11)3-5-12-7-9-4-6-13-8-9/h9-10,12H,2-8,11H2,1H3. The molecule has 0 aromatic carbocycles. The summed E-state index contributed by atoms with van der Waals surface area (Å²) in [6.45, 7) is 6.16. The molecule has 0 aliphatic carbocycles. The highest BCUT2D eigenvalue weighted by molar-refractivity contribution is 4.67. The second kappa shape index (κ2) is 6.35. The molecule has 1 aliphatic rings. The summed E-state index contributed by atoms with van der Waals surface area (Å²) < 4.78 is 5.29. The summed E-state index contributed by atoms with van der Waals surface area (Å²) in [6, 6.07) is 0.368. The van der Waals surface area contributed by atoms with Crippen molar-refractivity contribution in [3.8, 4) is 0 Å². The van der Waals surface area contributed by atoms with Gasteiger partial charge in [-0.05, 0) is 31.7 Å². The Labute approximate surface area is 81.0 Å². The minimum Gasteiger partial charge on any atom is -0.381 e. The zero-order chi connectivity index (χ0) is 9.52. The van der Waals surface area contributed by atoms with Crippen molar-refractivity contribution in [1.82, 2.24) is 5.32 Å². The molecular weight excluding hydrogens is 164 g/mol. The third-order valence-electron chi connectivity index (χ3n) is 2.67. The Morgan fingerprint density at radius 1 is 1.62 bits per heavy atom. The van der Waals surface area contributed by atoms with E-state index in [0.29, 0.717) is 6.04 Å². The minimum atomic E-state index is 0.368. The topological polar surface area (TPSA) is 47.3 Å². The summed E-state index contributed by atoms with van der Waals surface area (Å²) in [5.74, 6) is 0.734. The first kappa shape index (κ1) is 11.0. The van der Waals surface area contributed by atoms with Crippen LogP contribution in [0.2, 0.25) is 0 Å². The fourth-order valence-corrected chi connectivity index (χ4v) is 1.54. The number of rotatable bonds is 6. The predicted molar refractivity (Wildman–Crippen MR) is 54.7 cm³/mol. The highest BCUT2D eigenvalue weighted by atomic mass is 16.5. The number of nitrogens with one attached hydrogen (secondary N) is 1. The zero-order valence-corrected chi connectivity index (χ0v) is 8.59. The largest absolute Gasteiger partial charge is 0.381 e. The SMILES string of the molecule is CCC(N)CCNCC1CCOC1. The summed E-state index contributed by atoms with van der Waals surface area (Å²) >= 11 is 0. The Morgan fingerprint density at radius 2 is 2.46 bits per heavy atom. The van der Waals surface area contributed by atoms with Gasteiger partial charge < -0.3 is 15.8 Å². The lowest BCUT2D eigenvalue weighted by molar-refractivity contribution is 0.185. The number of hydrogen-bond acceptors (Lipinski definition) is 3. The fourth-order valence-electron chi connectivity index (χ4n) is 1.54. The Morgan fingerprint density at radius 3 is 3.08 bits per heavy atom. The Bertz CT molecular complexity index is 124. The lowest BCUT2D eigenvalue weighted by atomic mass is 10.1. The van der Waals surface area contributed by atoms with Crippen molar-refractivity contribution in [3.05, 3.63) is 0 Å². The Balaban J connectivity index is 1.88. The molecule has 3 nitrogen and oxygen atoms in total. The maximum atomic E-state index is 5.80. The van der Waals surface area contributed by atoms with E-state index in [1.54, 1.807) is 0 Å². The molecule has 0 saturated carbocycles. The molecule has 1 saturated heterocycles. The van der Waals surface area contributed by atoms with Crippen LogP contribution in [0.25, 0.3) is 0 Å². The molecule has 1 fully saturated rings. The highest BCUT2D eigenvalue weighted by Crippen LogP contribution is 2.10. The summed E-state index contributed by atoms with van der Waals surface area (Å²) in [5.41, 5.74) is 5.80. The molecule has 2 atom stereocenters. The van der Waals surface area contributed by atoms with E-state index in [1.165, 1.54) is 6.42 Å². The van der Waals surface area contributed by atoms with Gasteiger partial charge in [0.25, 0.3) is 0 Å². The first-order valence-corrected chi connectivity index (χ1v) is 5.37. The molecule has 0 spiro atoms. The van der Waals surface area contributed by atoms with E-state index < -0.39 is 0 Å². The van der Waals surface area contributed by atoms with Gasteiger partial charge in [0.05, 0.1) is 6.61 Å². The van der Waals surface area contributed by atoms with Crippen LogP contribution in [0.15, 0.2) is 0 Å². The molecule has 1 aliphatic heterocycles. The highest BCUT2D eigenvalue weighted by Gasteiger charge is 2.14. The first-order valence-electron chi connectivity index (χ1n) is 5.37. The molecule has 0 radical (unpaired) electrons. The van der Waals surface area contributed by atoms with Crippen LogP contribution in [-0.2, 0) is 4.74 Å². The van der Waals surface area contributed by atoms with Gasteiger partial charge in [-0.3, -0.25) is 0 Å². The first-order chi connectivity index (χ1) is 6.33. The van der Waals surface area contributed by atoms with E-state index >= 15 is 0 Å². The van der Waals surface area contributed by atoms with E-state index in [4.69, 9.17) is 10.5 Å². The second-order valence-corrected chi connectivity index (χ2v) is 3.89. The molecule has 0 amide bonds. The zero-order valence-electron chi connectivity index (χ0n) is 8.59. The third kappa shape index (κ3) is 4.60. The average Bonchev–Trinajstić information content (AvgIpc) is 2.64. The van der Waals surface area contributed by atoms with Gasteiger partial charge in [0.2, 0.25) is 0 Å². The maximum absolute atomic E-state index is 5.80. The average molecular weight is 186 g/mol. The minimum absolute atomic E-state index is 0.368. The number of nitrogens with two attached hydrogens (primary N) is 1. The molecule has 3 heteroatoms. The Kier molecular flexibility index (Phi) is 5.35. The monoisotopic (exact) mass is 186 g/mol. The van der Waals surface area contributed by atoms with Crippen molar-refractivity contribution >= 4 is 0 Å². The van der Waals surface area contributed by atoms with Gasteiger partial charge in [-0.1, -0.05) is 6.92 Å². The smallest absolute Gasteiger partial charge is 0.0507 e. The fraction of sp³-hybridized carbons (Fsp3) is 1.00. The van der Waals surface area contributed by atoms with Gasteiger partial charge >= 0.3 is 0 Å². The Hall–Kier alpha value is -0.120. The molecule has 1 heterocycles. The summed E-state index contributed by atoms with van der Waals surface area (Å²) in [4.78, 5) is 0. The number of hydrogen-bond donors (Lipinski definition) is 2.